The third kappa shape index (κ3) is 5.33. The van der Waals surface area contributed by atoms with Crippen molar-refractivity contribution >= 4 is 51.5 Å². The van der Waals surface area contributed by atoms with Crippen molar-refractivity contribution < 1.29 is 4.79 Å². The van der Waals surface area contributed by atoms with E-state index in [-0.39, 0.29) is 18.3 Å². The second-order valence-corrected chi connectivity index (χ2v) is 9.85. The van der Waals surface area contributed by atoms with E-state index in [2.05, 4.69) is 47.5 Å². The molecule has 0 aromatic carbocycles. The van der Waals surface area contributed by atoms with Gasteiger partial charge < -0.3 is 9.80 Å². The van der Waals surface area contributed by atoms with E-state index >= 15 is 0 Å². The summed E-state index contributed by atoms with van der Waals surface area (Å²) >= 11 is 5.41. The first-order chi connectivity index (χ1) is 14.1. The molecule has 1 amide bonds. The van der Waals surface area contributed by atoms with Crippen LogP contribution < -0.4 is 4.90 Å². The quantitative estimate of drug-likeness (QED) is 0.545. The van der Waals surface area contributed by atoms with Crippen molar-refractivity contribution in [3.8, 4) is 0 Å². The Balaban J connectivity index is 0.00000256. The van der Waals surface area contributed by atoms with E-state index in [1.165, 1.54) is 9.75 Å². The Morgan fingerprint density at radius 1 is 1.07 bits per heavy atom. The summed E-state index contributed by atoms with van der Waals surface area (Å²) in [6.07, 6.45) is 7.88. The van der Waals surface area contributed by atoms with E-state index in [1.54, 1.807) is 23.7 Å². The Labute approximate surface area is 197 Å². The molecule has 0 atom stereocenters. The molecular weight excluding hydrogens is 486 g/mol. The first-order valence-electron chi connectivity index (χ1n) is 10.4. The van der Waals surface area contributed by atoms with Crippen LogP contribution in [0.2, 0.25) is 0 Å². The Morgan fingerprint density at radius 3 is 2.50 bits per heavy atom. The molecule has 4 rings (SSSR count). The van der Waals surface area contributed by atoms with Crippen molar-refractivity contribution in [3.63, 3.8) is 0 Å². The van der Waals surface area contributed by atoms with Gasteiger partial charge in [-0.05, 0) is 61.1 Å². The topological polar surface area (TPSA) is 52.6 Å². The highest BCUT2D eigenvalue weighted by molar-refractivity contribution is 9.10. The average molecular weight is 515 g/mol. The first-order valence-corrected chi connectivity index (χ1v) is 12.1. The largest absolute Gasteiger partial charge is 0.339 e. The minimum absolute atomic E-state index is 0. The van der Waals surface area contributed by atoms with Crippen LogP contribution in [0.4, 0.5) is 5.95 Å². The van der Waals surface area contributed by atoms with Gasteiger partial charge in [-0.2, -0.15) is 0 Å². The van der Waals surface area contributed by atoms with Gasteiger partial charge in [0, 0.05) is 65.9 Å². The van der Waals surface area contributed by atoms with Gasteiger partial charge in [0.2, 0.25) is 5.95 Å². The molecule has 2 aromatic rings. The first kappa shape index (κ1) is 23.4. The third-order valence-electron chi connectivity index (χ3n) is 5.78. The lowest BCUT2D eigenvalue weighted by Crippen LogP contribution is -2.47. The van der Waals surface area contributed by atoms with Crippen LogP contribution in [0.5, 0.6) is 0 Å². The Kier molecular flexibility index (Phi) is 8.51. The number of hydrogen-bond donors (Lipinski definition) is 0. The van der Waals surface area contributed by atoms with Crippen molar-refractivity contribution in [1.29, 1.82) is 0 Å². The molecule has 2 aliphatic rings. The molecule has 0 N–H and O–H groups in total. The van der Waals surface area contributed by atoms with Crippen molar-refractivity contribution in [2.75, 3.05) is 50.7 Å². The van der Waals surface area contributed by atoms with Gasteiger partial charge in [0.15, 0.2) is 0 Å². The minimum Gasteiger partial charge on any atom is -0.339 e. The van der Waals surface area contributed by atoms with Crippen molar-refractivity contribution in [2.24, 2.45) is 0 Å². The Hall–Kier alpha value is -1.22. The fourth-order valence-electron chi connectivity index (χ4n) is 4.14. The molecule has 0 unspecified atom stereocenters. The predicted molar refractivity (Wildman–Crippen MR) is 128 cm³/mol. The summed E-state index contributed by atoms with van der Waals surface area (Å²) < 4.78 is 1.01. The molecule has 4 heterocycles. The molecular formula is C21H29BrClN5OS. The molecule has 0 radical (unpaired) electrons. The van der Waals surface area contributed by atoms with Crippen LogP contribution in [0.3, 0.4) is 0 Å². The highest BCUT2D eigenvalue weighted by Crippen LogP contribution is 2.36. The molecule has 0 bridgehead atoms. The molecule has 2 aliphatic heterocycles. The Morgan fingerprint density at radius 2 is 1.77 bits per heavy atom. The second kappa shape index (κ2) is 10.9. The van der Waals surface area contributed by atoms with Gasteiger partial charge in [0.25, 0.3) is 5.91 Å². The number of halogens is 2. The summed E-state index contributed by atoms with van der Waals surface area (Å²) in [5.74, 6) is 1.05. The van der Waals surface area contributed by atoms with Gasteiger partial charge in [-0.15, -0.1) is 23.7 Å². The highest BCUT2D eigenvalue weighted by Gasteiger charge is 2.27. The van der Waals surface area contributed by atoms with Crippen LogP contribution in [0.1, 0.15) is 39.4 Å². The molecule has 1 fully saturated rings. The maximum absolute atomic E-state index is 13.0. The summed E-state index contributed by atoms with van der Waals surface area (Å²) in [6.45, 7) is 8.96. The Bertz CT molecular complexity index is 841. The number of aryl methyl sites for hydroxylation is 2. The van der Waals surface area contributed by atoms with Crippen LogP contribution in [-0.4, -0.2) is 71.5 Å². The molecule has 30 heavy (non-hydrogen) atoms. The van der Waals surface area contributed by atoms with E-state index in [9.17, 15) is 4.79 Å². The van der Waals surface area contributed by atoms with E-state index in [0.29, 0.717) is 0 Å². The number of amides is 1. The fourth-order valence-corrected chi connectivity index (χ4v) is 6.02. The minimum atomic E-state index is 0. The zero-order valence-electron chi connectivity index (χ0n) is 17.3. The van der Waals surface area contributed by atoms with Crippen molar-refractivity contribution in [2.45, 2.75) is 32.6 Å². The number of carbonyl (C=O) groups is 1. The van der Waals surface area contributed by atoms with Crippen LogP contribution in [0.25, 0.3) is 0 Å². The van der Waals surface area contributed by atoms with Crippen LogP contribution in [-0.2, 0) is 6.42 Å². The van der Waals surface area contributed by atoms with Gasteiger partial charge in [-0.25, -0.2) is 9.97 Å². The zero-order valence-corrected chi connectivity index (χ0v) is 20.6. The average Bonchev–Trinajstić information content (AvgIpc) is 2.94. The van der Waals surface area contributed by atoms with Gasteiger partial charge >= 0.3 is 0 Å². The standard InChI is InChI=1S/C21H28BrN5OS.ClH/c1-16-19(22)18-17(29-16)6-4-11-26(20(18)28)10-3-2-9-25-12-14-27(15-13-25)21-23-7-5-8-24-21;/h5,7-8H,2-4,6,9-15H2,1H3;1H. The molecule has 1 saturated heterocycles. The summed E-state index contributed by atoms with van der Waals surface area (Å²) in [7, 11) is 0. The number of nitrogens with zero attached hydrogens (tertiary/aromatic N) is 5. The van der Waals surface area contributed by atoms with Crippen LogP contribution >= 0.6 is 39.7 Å². The molecule has 9 heteroatoms. The SMILES string of the molecule is Cc1sc2c(c1Br)C(=O)N(CCCCN1CCN(c3ncccn3)CC1)CCC2.Cl. The molecule has 0 aliphatic carbocycles. The van der Waals surface area contributed by atoms with Crippen LogP contribution in [0, 0.1) is 6.92 Å². The van der Waals surface area contributed by atoms with E-state index in [1.807, 2.05) is 6.07 Å². The van der Waals surface area contributed by atoms with Crippen LogP contribution in [0.15, 0.2) is 22.9 Å². The summed E-state index contributed by atoms with van der Waals surface area (Å²) in [5.41, 5.74) is 0.921. The lowest BCUT2D eigenvalue weighted by Gasteiger charge is -2.34. The van der Waals surface area contributed by atoms with Gasteiger partial charge in [0.1, 0.15) is 0 Å². The summed E-state index contributed by atoms with van der Waals surface area (Å²) in [4.78, 5) is 31.0. The van der Waals surface area contributed by atoms with E-state index in [4.69, 9.17) is 0 Å². The summed E-state index contributed by atoms with van der Waals surface area (Å²) in [5, 5.41) is 0. The van der Waals surface area contributed by atoms with Crippen molar-refractivity contribution in [3.05, 3.63) is 38.3 Å². The number of fused-ring (bicyclic) bond motifs is 1. The molecule has 6 nitrogen and oxygen atoms in total. The maximum atomic E-state index is 13.0. The second-order valence-electron chi connectivity index (χ2n) is 7.75. The molecule has 164 valence electrons. The van der Waals surface area contributed by atoms with Gasteiger partial charge in [0.05, 0.1) is 5.56 Å². The zero-order chi connectivity index (χ0) is 20.2. The number of anilines is 1. The number of carbonyl (C=O) groups excluding carboxylic acids is 1. The number of unbranched alkanes of at least 4 members (excludes halogenated alkanes) is 1. The lowest BCUT2D eigenvalue weighted by molar-refractivity contribution is 0.0755. The normalized spacial score (nSPS) is 17.5. The summed E-state index contributed by atoms with van der Waals surface area (Å²) in [6, 6.07) is 1.85. The van der Waals surface area contributed by atoms with Gasteiger partial charge in [-0.1, -0.05) is 0 Å². The number of rotatable bonds is 6. The number of hydrogen-bond acceptors (Lipinski definition) is 6. The predicted octanol–water partition coefficient (Wildman–Crippen LogP) is 4.02. The fraction of sp³-hybridized carbons (Fsp3) is 0.571. The smallest absolute Gasteiger partial charge is 0.256 e. The maximum Gasteiger partial charge on any atom is 0.256 e. The van der Waals surface area contributed by atoms with Crippen molar-refractivity contribution in [1.82, 2.24) is 19.8 Å². The number of piperazine rings is 1. The monoisotopic (exact) mass is 513 g/mol. The van der Waals surface area contributed by atoms with E-state index < -0.39 is 0 Å². The lowest BCUT2D eigenvalue weighted by atomic mass is 10.2. The van der Waals surface area contributed by atoms with E-state index in [0.717, 1.165) is 87.5 Å². The van der Waals surface area contributed by atoms with Gasteiger partial charge in [-0.3, -0.25) is 9.69 Å². The number of aromatic nitrogens is 2. The molecule has 0 spiro atoms. The highest BCUT2D eigenvalue weighted by atomic mass is 79.9. The third-order valence-corrected chi connectivity index (χ3v) is 8.19. The number of thiophene rings is 1. The molecule has 2 aromatic heterocycles. The molecule has 0 saturated carbocycles.